The van der Waals surface area contributed by atoms with Crippen LogP contribution in [0.1, 0.15) is 6.42 Å². The maximum absolute atomic E-state index is 9.93. The molecule has 5 unspecified atom stereocenters. The van der Waals surface area contributed by atoms with Gasteiger partial charge in [0.15, 0.2) is 6.72 Å². The maximum Gasteiger partial charge on any atom is 0.405 e. The molecule has 1 rings (SSSR count). The minimum absolute atomic E-state index is 0.180. The van der Waals surface area contributed by atoms with Gasteiger partial charge in [-0.15, -0.1) is 0 Å². The summed E-state index contributed by atoms with van der Waals surface area (Å²) in [6, 6.07) is 0. The second-order valence-corrected chi connectivity index (χ2v) is 5.87. The molecule has 0 spiro atoms. The number of nitrogens with one attached hydrogen (secondary N) is 2. The van der Waals surface area contributed by atoms with E-state index < -0.39 is 24.4 Å². The molecule has 8 nitrogen and oxygen atoms in total. The lowest BCUT2D eigenvalue weighted by atomic mass is 10.0. The van der Waals surface area contributed by atoms with E-state index in [9.17, 15) is 15.3 Å². The normalized spacial score (nSPS) is 30.5. The Morgan fingerprint density at radius 3 is 2.81 bits per heavy atom. The standard InChI is InChI=1S/C12H23N3O5S/c1-13-12(14-2)21-10-3-8(18)11(19)9(20-10)5-15-4-7(17)6-16/h7-11,15-19H,1,3-6H2,2H3/p+1. The van der Waals surface area contributed by atoms with Crippen molar-refractivity contribution in [2.75, 3.05) is 26.7 Å². The highest BCUT2D eigenvalue weighted by Crippen LogP contribution is 2.27. The van der Waals surface area contributed by atoms with Crippen LogP contribution in [0, 0.1) is 0 Å². The van der Waals surface area contributed by atoms with Crippen LogP contribution in [-0.4, -0.2) is 88.9 Å². The Balaban J connectivity index is 2.51. The highest BCUT2D eigenvalue weighted by atomic mass is 32.2. The van der Waals surface area contributed by atoms with Gasteiger partial charge in [0.05, 0.1) is 32.0 Å². The van der Waals surface area contributed by atoms with Gasteiger partial charge in [-0.3, -0.25) is 5.32 Å². The zero-order chi connectivity index (χ0) is 15.8. The topological polar surface area (TPSA) is 128 Å². The van der Waals surface area contributed by atoms with Crippen molar-refractivity contribution in [1.82, 2.24) is 15.3 Å². The van der Waals surface area contributed by atoms with Crippen LogP contribution in [0.25, 0.3) is 0 Å². The molecule has 1 heterocycles. The van der Waals surface area contributed by atoms with Crippen LogP contribution in [-0.2, 0) is 4.74 Å². The van der Waals surface area contributed by atoms with E-state index in [1.165, 1.54) is 11.8 Å². The molecule has 1 saturated heterocycles. The molecule has 6 N–H and O–H groups in total. The number of ether oxygens (including phenoxy) is 1. The van der Waals surface area contributed by atoms with Crippen molar-refractivity contribution in [2.45, 2.75) is 36.3 Å². The average Bonchev–Trinajstić information content (AvgIpc) is 2.49. The summed E-state index contributed by atoms with van der Waals surface area (Å²) in [5.74, 6) is 0. The summed E-state index contributed by atoms with van der Waals surface area (Å²) in [4.78, 5) is 0. The Hall–Kier alpha value is -0.640. The Kier molecular flexibility index (Phi) is 8.23. The van der Waals surface area contributed by atoms with E-state index >= 15 is 0 Å². The van der Waals surface area contributed by atoms with Gasteiger partial charge in [0.2, 0.25) is 0 Å². The van der Waals surface area contributed by atoms with Crippen LogP contribution < -0.4 is 15.3 Å². The van der Waals surface area contributed by atoms with Crippen LogP contribution in [0.5, 0.6) is 0 Å². The minimum atomic E-state index is -1.00. The van der Waals surface area contributed by atoms with Gasteiger partial charge in [-0.05, 0) is 0 Å². The van der Waals surface area contributed by atoms with E-state index in [1.807, 2.05) is 0 Å². The highest BCUT2D eigenvalue weighted by molar-refractivity contribution is 8.14. The summed E-state index contributed by atoms with van der Waals surface area (Å²) < 4.78 is 9.50. The molecule has 0 amide bonds. The molecule has 0 aromatic heterocycles. The van der Waals surface area contributed by atoms with Gasteiger partial charge in [0.1, 0.15) is 11.5 Å². The van der Waals surface area contributed by atoms with Crippen molar-refractivity contribution >= 4 is 23.6 Å². The van der Waals surface area contributed by atoms with Crippen molar-refractivity contribution < 1.29 is 25.2 Å². The molecule has 0 saturated carbocycles. The molecule has 1 aliphatic rings. The van der Waals surface area contributed by atoms with Gasteiger partial charge < -0.3 is 30.5 Å². The molecule has 0 aliphatic carbocycles. The molecule has 0 aromatic rings. The van der Waals surface area contributed by atoms with E-state index in [0.717, 1.165) is 0 Å². The Morgan fingerprint density at radius 2 is 2.24 bits per heavy atom. The molecule has 1 fully saturated rings. The fraction of sp³-hybridized carbons (Fsp3) is 0.833. The largest absolute Gasteiger partial charge is 0.405 e. The second-order valence-electron chi connectivity index (χ2n) is 4.72. The number of aliphatic hydroxyl groups is 4. The fourth-order valence-corrected chi connectivity index (χ4v) is 2.85. The zero-order valence-electron chi connectivity index (χ0n) is 12.0. The predicted molar refractivity (Wildman–Crippen MR) is 82.2 cm³/mol. The van der Waals surface area contributed by atoms with Crippen molar-refractivity contribution in [1.29, 1.82) is 0 Å². The number of amidine groups is 1. The molecule has 9 heteroatoms. The van der Waals surface area contributed by atoms with Gasteiger partial charge in [0, 0.05) is 31.3 Å². The molecule has 122 valence electrons. The van der Waals surface area contributed by atoms with Crippen LogP contribution >= 0.6 is 11.8 Å². The monoisotopic (exact) mass is 322 g/mol. The maximum atomic E-state index is 9.93. The molecular weight excluding hydrogens is 298 g/mol. The van der Waals surface area contributed by atoms with E-state index in [0.29, 0.717) is 5.17 Å². The average molecular weight is 322 g/mol. The number of thioether (sulfide) groups is 1. The molecule has 0 radical (unpaired) electrons. The van der Waals surface area contributed by atoms with Crippen molar-refractivity contribution in [2.24, 2.45) is 0 Å². The van der Waals surface area contributed by atoms with E-state index in [-0.39, 0.29) is 31.6 Å². The quantitative estimate of drug-likeness (QED) is 0.172. The summed E-state index contributed by atoms with van der Waals surface area (Å²) in [7, 11) is 1.71. The number of hydrogen-bond acceptors (Lipinski definition) is 7. The van der Waals surface area contributed by atoms with Crippen molar-refractivity contribution in [3.8, 4) is 0 Å². The van der Waals surface area contributed by atoms with Gasteiger partial charge in [-0.2, -0.15) is 0 Å². The summed E-state index contributed by atoms with van der Waals surface area (Å²) in [6.07, 6.45) is -3.10. The predicted octanol–water partition coefficient (Wildman–Crippen LogP) is -3.16. The third-order valence-electron chi connectivity index (χ3n) is 3.07. The Morgan fingerprint density at radius 1 is 1.52 bits per heavy atom. The van der Waals surface area contributed by atoms with E-state index in [2.05, 4.69) is 22.0 Å². The summed E-state index contributed by atoms with van der Waals surface area (Å²) >= 11 is 1.29. The van der Waals surface area contributed by atoms with Crippen LogP contribution in [0.2, 0.25) is 0 Å². The SMILES string of the molecule is C=[N+]=C(NC)SC1CC(O)C(O)C(CNCC(O)CO)O1. The number of nitrogens with zero attached hydrogens (tertiary/aromatic N) is 1. The lowest BCUT2D eigenvalue weighted by Crippen LogP contribution is -2.52. The first-order valence-electron chi connectivity index (χ1n) is 6.71. The highest BCUT2D eigenvalue weighted by Gasteiger charge is 2.38. The summed E-state index contributed by atoms with van der Waals surface area (Å²) in [6.45, 7) is 3.52. The molecule has 21 heavy (non-hydrogen) atoms. The van der Waals surface area contributed by atoms with Gasteiger partial charge in [0.25, 0.3) is 0 Å². The number of rotatable bonds is 6. The van der Waals surface area contributed by atoms with Gasteiger partial charge in [-0.1, -0.05) is 0 Å². The van der Waals surface area contributed by atoms with Gasteiger partial charge in [-0.25, -0.2) is 4.67 Å². The third-order valence-corrected chi connectivity index (χ3v) is 4.20. The van der Waals surface area contributed by atoms with Crippen LogP contribution in [0.3, 0.4) is 0 Å². The van der Waals surface area contributed by atoms with Crippen LogP contribution in [0.15, 0.2) is 0 Å². The summed E-state index contributed by atoms with van der Waals surface area (Å²) in [5.41, 5.74) is -0.356. The summed E-state index contributed by atoms with van der Waals surface area (Å²) in [5, 5.41) is 44.1. The molecule has 0 bridgehead atoms. The van der Waals surface area contributed by atoms with E-state index in [1.54, 1.807) is 7.05 Å². The molecule has 0 aromatic carbocycles. The smallest absolute Gasteiger partial charge is 0.394 e. The van der Waals surface area contributed by atoms with Crippen molar-refractivity contribution in [3.63, 3.8) is 0 Å². The number of aliphatic hydroxyl groups excluding tert-OH is 4. The second kappa shape index (κ2) is 9.39. The van der Waals surface area contributed by atoms with Gasteiger partial charge >= 0.3 is 5.17 Å². The van der Waals surface area contributed by atoms with Crippen LogP contribution in [0.4, 0.5) is 0 Å². The van der Waals surface area contributed by atoms with Crippen molar-refractivity contribution in [3.05, 3.63) is 0 Å². The third kappa shape index (κ3) is 5.93. The first-order valence-corrected chi connectivity index (χ1v) is 7.59. The zero-order valence-corrected chi connectivity index (χ0v) is 12.8. The molecular formula is C12H24N3O5S+. The lowest BCUT2D eigenvalue weighted by Gasteiger charge is -2.36. The first-order chi connectivity index (χ1) is 10.0. The Bertz CT molecular complexity index is 367. The molecule has 5 atom stereocenters. The first kappa shape index (κ1) is 18.4. The minimum Gasteiger partial charge on any atom is -0.394 e. The Labute approximate surface area is 128 Å². The van der Waals surface area contributed by atoms with E-state index in [4.69, 9.17) is 9.84 Å². The lowest BCUT2D eigenvalue weighted by molar-refractivity contribution is -0.142. The number of hydrogen-bond donors (Lipinski definition) is 6. The fourth-order valence-electron chi connectivity index (χ4n) is 1.92. The molecule has 1 aliphatic heterocycles.